The first-order valence-corrected chi connectivity index (χ1v) is 8.24. The number of esters is 1. The molecule has 0 saturated carbocycles. The van der Waals surface area contributed by atoms with Gasteiger partial charge in [-0.2, -0.15) is 13.2 Å². The number of alkyl halides is 3. The number of hydrogen-bond acceptors (Lipinski definition) is 5. The number of aromatic nitrogens is 1. The fourth-order valence-corrected chi connectivity index (χ4v) is 2.91. The summed E-state index contributed by atoms with van der Waals surface area (Å²) in [6.07, 6.45) is -2.37. The van der Waals surface area contributed by atoms with Crippen molar-refractivity contribution in [2.45, 2.75) is 26.4 Å². The van der Waals surface area contributed by atoms with Crippen LogP contribution >= 0.6 is 0 Å². The maximum atomic E-state index is 12.2. The van der Waals surface area contributed by atoms with Crippen LogP contribution in [0.3, 0.4) is 0 Å². The standard InChI is InChI=1S/C17H21F3N2O4/c1-11-5-12(2)8-22(7-11)15(23)9-25-16(24)13-3-4-14(21-6-13)26-10-17(18,19)20/h3-4,6,11-12H,5,7-10H2,1-2H3. The Balaban J connectivity index is 1.83. The van der Waals surface area contributed by atoms with E-state index in [9.17, 15) is 22.8 Å². The third kappa shape index (κ3) is 6.20. The average molecular weight is 374 g/mol. The van der Waals surface area contributed by atoms with E-state index >= 15 is 0 Å². The molecule has 1 fully saturated rings. The summed E-state index contributed by atoms with van der Waals surface area (Å²) in [4.78, 5) is 29.4. The highest BCUT2D eigenvalue weighted by Crippen LogP contribution is 2.21. The Morgan fingerprint density at radius 1 is 1.23 bits per heavy atom. The van der Waals surface area contributed by atoms with Gasteiger partial charge < -0.3 is 14.4 Å². The topological polar surface area (TPSA) is 68.7 Å². The SMILES string of the molecule is CC1CC(C)CN(C(=O)COC(=O)c2ccc(OCC(F)(F)F)nc2)C1. The maximum Gasteiger partial charge on any atom is 0.422 e. The number of likely N-dealkylation sites (tertiary alicyclic amines) is 1. The molecule has 1 saturated heterocycles. The zero-order valence-corrected chi connectivity index (χ0v) is 14.6. The second kappa shape index (κ2) is 8.37. The number of carbonyl (C=O) groups excluding carboxylic acids is 2. The van der Waals surface area contributed by atoms with Crippen molar-refractivity contribution in [3.8, 4) is 5.88 Å². The maximum absolute atomic E-state index is 12.2. The highest BCUT2D eigenvalue weighted by molar-refractivity contribution is 5.91. The van der Waals surface area contributed by atoms with Crippen LogP contribution in [0.15, 0.2) is 18.3 Å². The third-order valence-electron chi connectivity index (χ3n) is 3.90. The van der Waals surface area contributed by atoms with Gasteiger partial charge in [0, 0.05) is 25.4 Å². The molecule has 144 valence electrons. The molecule has 0 aliphatic carbocycles. The zero-order valence-electron chi connectivity index (χ0n) is 14.6. The Morgan fingerprint density at radius 3 is 2.42 bits per heavy atom. The van der Waals surface area contributed by atoms with Gasteiger partial charge in [0.15, 0.2) is 13.2 Å². The molecule has 2 unspecified atom stereocenters. The number of ether oxygens (including phenoxy) is 2. The second-order valence-corrected chi connectivity index (χ2v) is 6.61. The van der Waals surface area contributed by atoms with E-state index in [0.717, 1.165) is 18.7 Å². The van der Waals surface area contributed by atoms with Gasteiger partial charge in [0.2, 0.25) is 5.88 Å². The molecule has 26 heavy (non-hydrogen) atoms. The van der Waals surface area contributed by atoms with E-state index < -0.39 is 18.8 Å². The highest BCUT2D eigenvalue weighted by Gasteiger charge is 2.29. The van der Waals surface area contributed by atoms with Gasteiger partial charge >= 0.3 is 12.1 Å². The molecule has 1 amide bonds. The smallest absolute Gasteiger partial charge is 0.422 e. The van der Waals surface area contributed by atoms with Crippen molar-refractivity contribution < 1.29 is 32.2 Å². The lowest BCUT2D eigenvalue weighted by Gasteiger charge is -2.34. The third-order valence-corrected chi connectivity index (χ3v) is 3.90. The molecule has 1 aliphatic rings. The number of carbonyl (C=O) groups is 2. The molecule has 2 atom stereocenters. The van der Waals surface area contributed by atoms with E-state index in [1.54, 1.807) is 4.90 Å². The summed E-state index contributed by atoms with van der Waals surface area (Å²) in [5.74, 6) is -0.508. The zero-order chi connectivity index (χ0) is 19.3. The Kier molecular flexibility index (Phi) is 6.44. The number of piperidine rings is 1. The molecule has 2 rings (SSSR count). The van der Waals surface area contributed by atoms with Crippen LogP contribution in [0.2, 0.25) is 0 Å². The minimum Gasteiger partial charge on any atom is -0.468 e. The number of pyridine rings is 1. The van der Waals surface area contributed by atoms with Crippen LogP contribution in [0.1, 0.15) is 30.6 Å². The summed E-state index contributed by atoms with van der Waals surface area (Å²) in [6, 6.07) is 2.37. The fraction of sp³-hybridized carbons (Fsp3) is 0.588. The van der Waals surface area contributed by atoms with Crippen molar-refractivity contribution in [3.63, 3.8) is 0 Å². The van der Waals surface area contributed by atoms with E-state index in [4.69, 9.17) is 4.74 Å². The lowest BCUT2D eigenvalue weighted by molar-refractivity contribution is -0.154. The van der Waals surface area contributed by atoms with Crippen molar-refractivity contribution in [1.29, 1.82) is 0 Å². The van der Waals surface area contributed by atoms with Gasteiger partial charge in [0.25, 0.3) is 5.91 Å². The highest BCUT2D eigenvalue weighted by atomic mass is 19.4. The van der Waals surface area contributed by atoms with Gasteiger partial charge in [-0.15, -0.1) is 0 Å². The molecule has 0 aromatic carbocycles. The molecule has 0 N–H and O–H groups in total. The van der Waals surface area contributed by atoms with Crippen LogP contribution in [0.4, 0.5) is 13.2 Å². The largest absolute Gasteiger partial charge is 0.468 e. The normalized spacial score (nSPS) is 20.6. The molecular formula is C17H21F3N2O4. The molecule has 1 aliphatic heterocycles. The van der Waals surface area contributed by atoms with Gasteiger partial charge in [0.05, 0.1) is 5.56 Å². The quantitative estimate of drug-likeness (QED) is 0.742. The van der Waals surface area contributed by atoms with Crippen LogP contribution in [0, 0.1) is 11.8 Å². The van der Waals surface area contributed by atoms with E-state index in [1.165, 1.54) is 6.07 Å². The van der Waals surface area contributed by atoms with Crippen LogP contribution in [0.5, 0.6) is 5.88 Å². The van der Waals surface area contributed by atoms with Crippen molar-refractivity contribution >= 4 is 11.9 Å². The molecule has 6 nitrogen and oxygen atoms in total. The average Bonchev–Trinajstić information content (AvgIpc) is 2.56. The first-order chi connectivity index (χ1) is 12.1. The lowest BCUT2D eigenvalue weighted by Crippen LogP contribution is -2.44. The van der Waals surface area contributed by atoms with Crippen LogP contribution < -0.4 is 4.74 Å². The number of hydrogen-bond donors (Lipinski definition) is 0. The summed E-state index contributed by atoms with van der Waals surface area (Å²) in [7, 11) is 0. The minimum atomic E-state index is -4.47. The molecular weight excluding hydrogens is 353 g/mol. The Bertz CT molecular complexity index is 624. The van der Waals surface area contributed by atoms with Crippen LogP contribution in [-0.4, -0.2) is 54.2 Å². The Labute approximate surface area is 149 Å². The van der Waals surface area contributed by atoms with Gasteiger partial charge in [-0.25, -0.2) is 9.78 Å². The Hall–Kier alpha value is -2.32. The summed E-state index contributed by atoms with van der Waals surface area (Å²) in [5.41, 5.74) is 0.0255. The molecule has 0 bridgehead atoms. The predicted molar refractivity (Wildman–Crippen MR) is 85.6 cm³/mol. The van der Waals surface area contributed by atoms with Gasteiger partial charge in [-0.05, 0) is 24.3 Å². The van der Waals surface area contributed by atoms with Crippen molar-refractivity contribution in [2.75, 3.05) is 26.3 Å². The van der Waals surface area contributed by atoms with Crippen molar-refractivity contribution in [1.82, 2.24) is 9.88 Å². The number of rotatable bonds is 5. The molecule has 0 spiro atoms. The van der Waals surface area contributed by atoms with E-state index in [2.05, 4.69) is 23.6 Å². The minimum absolute atomic E-state index is 0.0255. The summed E-state index contributed by atoms with van der Waals surface area (Å²) in [6.45, 7) is 3.54. The lowest BCUT2D eigenvalue weighted by atomic mass is 9.92. The molecule has 0 radical (unpaired) electrons. The molecule has 1 aromatic heterocycles. The second-order valence-electron chi connectivity index (χ2n) is 6.61. The van der Waals surface area contributed by atoms with Crippen LogP contribution in [0.25, 0.3) is 0 Å². The summed E-state index contributed by atoms with van der Waals surface area (Å²) >= 11 is 0. The molecule has 1 aromatic rings. The summed E-state index contributed by atoms with van der Waals surface area (Å²) < 4.78 is 45.6. The van der Waals surface area contributed by atoms with Gasteiger partial charge in [0.1, 0.15) is 0 Å². The van der Waals surface area contributed by atoms with Gasteiger partial charge in [-0.3, -0.25) is 4.79 Å². The summed E-state index contributed by atoms with van der Waals surface area (Å²) in [5, 5.41) is 0. The van der Waals surface area contributed by atoms with E-state index in [-0.39, 0.29) is 24.0 Å². The van der Waals surface area contributed by atoms with E-state index in [1.807, 2.05) is 0 Å². The fourth-order valence-electron chi connectivity index (χ4n) is 2.91. The molecule has 2 heterocycles. The van der Waals surface area contributed by atoms with Gasteiger partial charge in [-0.1, -0.05) is 13.8 Å². The first-order valence-electron chi connectivity index (χ1n) is 8.24. The monoisotopic (exact) mass is 374 g/mol. The van der Waals surface area contributed by atoms with Crippen molar-refractivity contribution in [3.05, 3.63) is 23.9 Å². The Morgan fingerprint density at radius 2 is 1.88 bits per heavy atom. The first kappa shape index (κ1) is 20.0. The van der Waals surface area contributed by atoms with Crippen molar-refractivity contribution in [2.24, 2.45) is 11.8 Å². The number of amides is 1. The molecule has 9 heteroatoms. The predicted octanol–water partition coefficient (Wildman–Crippen LogP) is 2.68. The number of halogens is 3. The van der Waals surface area contributed by atoms with E-state index in [0.29, 0.717) is 24.9 Å². The van der Waals surface area contributed by atoms with Crippen LogP contribution in [-0.2, 0) is 9.53 Å². The number of nitrogens with zero attached hydrogens (tertiary/aromatic N) is 2.